The molecular formula is C23H27N3O6S2. The van der Waals surface area contributed by atoms with Crippen molar-refractivity contribution in [2.75, 3.05) is 53.5 Å². The number of aliphatic hydroxyl groups excluding tert-OH is 1. The minimum Gasteiger partial charge on any atom is -0.507 e. The van der Waals surface area contributed by atoms with Gasteiger partial charge in [0.2, 0.25) is 10.0 Å². The van der Waals surface area contributed by atoms with Crippen molar-refractivity contribution < 1.29 is 27.9 Å². The highest BCUT2D eigenvalue weighted by Gasteiger charge is 2.46. The van der Waals surface area contributed by atoms with Crippen molar-refractivity contribution in [1.29, 1.82) is 0 Å². The Morgan fingerprint density at radius 2 is 1.79 bits per heavy atom. The van der Waals surface area contributed by atoms with Crippen LogP contribution in [0.4, 0.5) is 0 Å². The van der Waals surface area contributed by atoms with Gasteiger partial charge in [-0.2, -0.15) is 0 Å². The minimum absolute atomic E-state index is 0.0117. The van der Waals surface area contributed by atoms with E-state index < -0.39 is 27.8 Å². The van der Waals surface area contributed by atoms with Gasteiger partial charge >= 0.3 is 0 Å². The van der Waals surface area contributed by atoms with Crippen molar-refractivity contribution in [3.63, 3.8) is 0 Å². The first kappa shape index (κ1) is 24.6. The molecule has 0 aliphatic carbocycles. The van der Waals surface area contributed by atoms with E-state index in [-0.39, 0.29) is 21.8 Å². The molecule has 182 valence electrons. The Kier molecular flexibility index (Phi) is 7.20. The van der Waals surface area contributed by atoms with Crippen molar-refractivity contribution in [2.24, 2.45) is 0 Å². The summed E-state index contributed by atoms with van der Waals surface area (Å²) in [6, 6.07) is 8.60. The molecule has 9 nitrogen and oxygen atoms in total. The number of hydrogen-bond donors (Lipinski definition) is 1. The highest BCUT2D eigenvalue weighted by Crippen LogP contribution is 2.41. The maximum Gasteiger partial charge on any atom is 0.295 e. The lowest BCUT2D eigenvalue weighted by molar-refractivity contribution is -0.140. The van der Waals surface area contributed by atoms with Crippen molar-refractivity contribution in [3.05, 3.63) is 57.8 Å². The number of rotatable bonds is 7. The first-order valence-corrected chi connectivity index (χ1v) is 13.2. The van der Waals surface area contributed by atoms with Crippen LogP contribution in [0.15, 0.2) is 52.2 Å². The van der Waals surface area contributed by atoms with Crippen LogP contribution in [0, 0.1) is 0 Å². The molecule has 0 radical (unpaired) electrons. The third kappa shape index (κ3) is 4.66. The highest BCUT2D eigenvalue weighted by atomic mass is 32.2. The highest BCUT2D eigenvalue weighted by molar-refractivity contribution is 7.89. The average Bonchev–Trinajstić information content (AvgIpc) is 3.45. The Labute approximate surface area is 202 Å². The van der Waals surface area contributed by atoms with Gasteiger partial charge in [0.15, 0.2) is 0 Å². The average molecular weight is 506 g/mol. The smallest absolute Gasteiger partial charge is 0.295 e. The topological polar surface area (TPSA) is 107 Å². The number of Topliss-reactive ketones (excluding diaryl/α,β-unsaturated/α-hetero) is 1. The molecule has 0 unspecified atom stereocenters. The maximum absolute atomic E-state index is 13.1. The van der Waals surface area contributed by atoms with E-state index >= 15 is 0 Å². The molecule has 11 heteroatoms. The fourth-order valence-electron chi connectivity index (χ4n) is 4.08. The number of likely N-dealkylation sites (tertiary alicyclic amines) is 1. The van der Waals surface area contributed by atoms with Gasteiger partial charge in [-0.15, -0.1) is 11.3 Å². The molecule has 1 aromatic carbocycles. The summed E-state index contributed by atoms with van der Waals surface area (Å²) in [6.07, 6.45) is 0. The quantitative estimate of drug-likeness (QED) is 0.347. The van der Waals surface area contributed by atoms with Gasteiger partial charge in [-0.05, 0) is 35.7 Å². The molecule has 1 amide bonds. The van der Waals surface area contributed by atoms with Crippen LogP contribution in [-0.2, 0) is 24.3 Å². The molecule has 2 aliphatic heterocycles. The zero-order valence-corrected chi connectivity index (χ0v) is 20.6. The molecule has 3 heterocycles. The number of nitrogens with zero attached hydrogens (tertiary/aromatic N) is 3. The summed E-state index contributed by atoms with van der Waals surface area (Å²) in [5.74, 6) is -1.72. The molecule has 2 saturated heterocycles. The van der Waals surface area contributed by atoms with E-state index in [2.05, 4.69) is 4.90 Å². The van der Waals surface area contributed by atoms with Crippen LogP contribution in [0.3, 0.4) is 0 Å². The normalized spacial score (nSPS) is 21.5. The van der Waals surface area contributed by atoms with Crippen LogP contribution >= 0.6 is 11.3 Å². The van der Waals surface area contributed by atoms with E-state index in [0.717, 1.165) is 22.3 Å². The summed E-state index contributed by atoms with van der Waals surface area (Å²) in [4.78, 5) is 30.6. The van der Waals surface area contributed by atoms with E-state index in [1.165, 1.54) is 54.6 Å². The minimum atomic E-state index is -3.64. The van der Waals surface area contributed by atoms with Crippen LogP contribution < -0.4 is 0 Å². The molecule has 4 rings (SSSR count). The number of aliphatic hydroxyl groups is 1. The molecule has 1 N–H and O–H groups in total. The summed E-state index contributed by atoms with van der Waals surface area (Å²) in [5.41, 5.74) is 0.281. The summed E-state index contributed by atoms with van der Waals surface area (Å²) in [5, 5.41) is 13.0. The van der Waals surface area contributed by atoms with E-state index in [4.69, 9.17) is 4.74 Å². The maximum atomic E-state index is 13.1. The Balaban J connectivity index is 1.68. The predicted octanol–water partition coefficient (Wildman–Crippen LogP) is 1.75. The first-order valence-electron chi connectivity index (χ1n) is 10.9. The Bertz CT molecular complexity index is 1180. The van der Waals surface area contributed by atoms with E-state index in [1.807, 2.05) is 17.5 Å². The largest absolute Gasteiger partial charge is 0.507 e. The fraction of sp³-hybridized carbons (Fsp3) is 0.391. The molecule has 2 fully saturated rings. The van der Waals surface area contributed by atoms with Gasteiger partial charge in [-0.25, -0.2) is 12.7 Å². The number of ketones is 1. The van der Waals surface area contributed by atoms with Gasteiger partial charge in [0.25, 0.3) is 11.7 Å². The van der Waals surface area contributed by atoms with E-state index in [0.29, 0.717) is 26.3 Å². The monoisotopic (exact) mass is 505 g/mol. The van der Waals surface area contributed by atoms with Crippen molar-refractivity contribution in [1.82, 2.24) is 14.1 Å². The SMILES string of the molecule is CN(C)S(=O)(=O)c1ccc(C(O)=C2C(=O)C(=O)N(CCN3CCOCC3)[C@@H]2c2cccs2)cc1. The summed E-state index contributed by atoms with van der Waals surface area (Å²) < 4.78 is 31.2. The second kappa shape index (κ2) is 9.96. The molecule has 1 atom stereocenters. The summed E-state index contributed by atoms with van der Waals surface area (Å²) in [6.45, 7) is 3.71. The van der Waals surface area contributed by atoms with Gasteiger partial charge in [0.1, 0.15) is 5.76 Å². The van der Waals surface area contributed by atoms with Gasteiger partial charge in [0.05, 0.1) is 29.7 Å². The number of thiophene rings is 1. The number of carbonyl (C=O) groups excluding carboxylic acids is 2. The lowest BCUT2D eigenvalue weighted by Crippen LogP contribution is -2.42. The Hall–Kier alpha value is -2.57. The number of morpholine rings is 1. The van der Waals surface area contributed by atoms with Gasteiger partial charge in [0, 0.05) is 50.7 Å². The number of hydrogen-bond acceptors (Lipinski definition) is 8. The fourth-order valence-corrected chi connectivity index (χ4v) is 5.83. The number of sulfonamides is 1. The lowest BCUT2D eigenvalue weighted by atomic mass is 10.00. The van der Waals surface area contributed by atoms with E-state index in [9.17, 15) is 23.1 Å². The van der Waals surface area contributed by atoms with Crippen LogP contribution in [0.5, 0.6) is 0 Å². The van der Waals surface area contributed by atoms with Gasteiger partial charge in [-0.1, -0.05) is 6.07 Å². The lowest BCUT2D eigenvalue weighted by Gasteiger charge is -2.30. The number of benzene rings is 1. The molecule has 2 aromatic rings. The van der Waals surface area contributed by atoms with Crippen LogP contribution in [-0.4, -0.2) is 92.8 Å². The predicted molar refractivity (Wildman–Crippen MR) is 128 cm³/mol. The second-order valence-electron chi connectivity index (χ2n) is 8.27. The molecule has 34 heavy (non-hydrogen) atoms. The number of ether oxygens (including phenoxy) is 1. The third-order valence-corrected chi connectivity index (χ3v) is 8.77. The van der Waals surface area contributed by atoms with Crippen molar-refractivity contribution in [3.8, 4) is 0 Å². The molecule has 1 aromatic heterocycles. The zero-order chi connectivity index (χ0) is 24.5. The molecular weight excluding hydrogens is 478 g/mol. The van der Waals surface area contributed by atoms with Crippen molar-refractivity contribution in [2.45, 2.75) is 10.9 Å². The molecule has 2 aliphatic rings. The molecule has 0 spiro atoms. The van der Waals surface area contributed by atoms with E-state index in [1.54, 1.807) is 0 Å². The van der Waals surface area contributed by atoms with Crippen LogP contribution in [0.25, 0.3) is 5.76 Å². The number of carbonyl (C=O) groups is 2. The van der Waals surface area contributed by atoms with Gasteiger partial charge in [-0.3, -0.25) is 14.5 Å². The zero-order valence-electron chi connectivity index (χ0n) is 19.0. The van der Waals surface area contributed by atoms with Crippen LogP contribution in [0.1, 0.15) is 16.5 Å². The first-order chi connectivity index (χ1) is 16.2. The standard InChI is InChI=1S/C23H27N3O6S2/c1-24(2)34(30,31)17-7-5-16(6-8-17)21(27)19-20(18-4-3-15-33-18)26(23(29)22(19)28)10-9-25-11-13-32-14-12-25/h3-8,15,20,27H,9-14H2,1-2H3/t20-/m1/s1. The second-order valence-corrected chi connectivity index (χ2v) is 11.4. The molecule has 0 bridgehead atoms. The summed E-state index contributed by atoms with van der Waals surface area (Å²) >= 11 is 1.40. The van der Waals surface area contributed by atoms with Crippen LogP contribution in [0.2, 0.25) is 0 Å². The third-order valence-electron chi connectivity index (χ3n) is 6.02. The summed E-state index contributed by atoms with van der Waals surface area (Å²) in [7, 11) is -0.770. The molecule has 0 saturated carbocycles. The van der Waals surface area contributed by atoms with Crippen molar-refractivity contribution >= 4 is 38.8 Å². The number of amides is 1. The Morgan fingerprint density at radius 1 is 1.12 bits per heavy atom. The van der Waals surface area contributed by atoms with Gasteiger partial charge < -0.3 is 14.7 Å². The Morgan fingerprint density at radius 3 is 2.38 bits per heavy atom.